The Balaban J connectivity index is 1.42. The van der Waals surface area contributed by atoms with E-state index in [2.05, 4.69) is 52.5 Å². The average molecular weight is 392 g/mol. The number of hydrogen-bond donors (Lipinski definition) is 0. The summed E-state index contributed by atoms with van der Waals surface area (Å²) >= 11 is 0. The van der Waals surface area contributed by atoms with Crippen molar-refractivity contribution < 1.29 is 4.79 Å². The van der Waals surface area contributed by atoms with Crippen LogP contribution in [0.1, 0.15) is 35.8 Å². The standard InChI is InChI=1S/C23H29N5O/c1-3-27-13-7-8-18(15-27)14-26(2)23(29)22-17-28(25-24-22)16-20-11-6-10-19-9-4-5-12-21(19)20/h4-6,9-12,17-18H,3,7-8,13-16H2,1-2H3. The SMILES string of the molecule is CCN1CCCC(CN(C)C(=O)c2cn(Cc3cccc4ccccc34)nn2)C1. The summed E-state index contributed by atoms with van der Waals surface area (Å²) in [4.78, 5) is 17.1. The first-order valence-corrected chi connectivity index (χ1v) is 10.5. The fourth-order valence-corrected chi connectivity index (χ4v) is 4.33. The Hall–Kier alpha value is -2.73. The highest BCUT2D eigenvalue weighted by Gasteiger charge is 2.23. The Morgan fingerprint density at radius 3 is 2.90 bits per heavy atom. The number of piperidine rings is 1. The molecular formula is C23H29N5O. The van der Waals surface area contributed by atoms with Gasteiger partial charge in [0.2, 0.25) is 0 Å². The van der Waals surface area contributed by atoms with Crippen LogP contribution in [0.25, 0.3) is 10.8 Å². The van der Waals surface area contributed by atoms with Gasteiger partial charge in [-0.3, -0.25) is 4.79 Å². The van der Waals surface area contributed by atoms with Gasteiger partial charge in [0.05, 0.1) is 12.7 Å². The Morgan fingerprint density at radius 2 is 2.03 bits per heavy atom. The first-order valence-electron chi connectivity index (χ1n) is 10.5. The molecule has 0 saturated carbocycles. The highest BCUT2D eigenvalue weighted by atomic mass is 16.2. The second-order valence-corrected chi connectivity index (χ2v) is 8.03. The number of benzene rings is 2. The van der Waals surface area contributed by atoms with Crippen LogP contribution in [0, 0.1) is 5.92 Å². The van der Waals surface area contributed by atoms with E-state index in [1.165, 1.54) is 35.7 Å². The lowest BCUT2D eigenvalue weighted by Gasteiger charge is -2.33. The van der Waals surface area contributed by atoms with Gasteiger partial charge < -0.3 is 9.80 Å². The average Bonchev–Trinajstić information content (AvgIpc) is 3.22. The van der Waals surface area contributed by atoms with E-state index in [0.29, 0.717) is 18.2 Å². The highest BCUT2D eigenvalue weighted by Crippen LogP contribution is 2.20. The van der Waals surface area contributed by atoms with E-state index in [9.17, 15) is 4.79 Å². The maximum absolute atomic E-state index is 12.8. The third-order valence-electron chi connectivity index (χ3n) is 5.90. The Kier molecular flexibility index (Phi) is 5.90. The number of aromatic nitrogens is 3. The number of nitrogens with zero attached hydrogens (tertiary/aromatic N) is 5. The molecule has 6 nitrogen and oxygen atoms in total. The molecule has 1 aliphatic rings. The molecule has 1 amide bonds. The summed E-state index contributed by atoms with van der Waals surface area (Å²) in [5, 5.41) is 10.8. The van der Waals surface area contributed by atoms with Crippen molar-refractivity contribution in [2.45, 2.75) is 26.3 Å². The van der Waals surface area contributed by atoms with E-state index < -0.39 is 0 Å². The number of likely N-dealkylation sites (tertiary alicyclic amines) is 1. The molecule has 2 heterocycles. The summed E-state index contributed by atoms with van der Waals surface area (Å²) in [7, 11) is 1.87. The van der Waals surface area contributed by atoms with Crippen molar-refractivity contribution in [3.05, 3.63) is 59.9 Å². The zero-order valence-corrected chi connectivity index (χ0v) is 17.3. The molecule has 0 bridgehead atoms. The fraction of sp³-hybridized carbons (Fsp3) is 0.435. The predicted octanol–water partition coefficient (Wildman–Crippen LogP) is 3.28. The molecule has 1 unspecified atom stereocenters. The van der Waals surface area contributed by atoms with Gasteiger partial charge in [0, 0.05) is 20.1 Å². The van der Waals surface area contributed by atoms with Crippen molar-refractivity contribution in [3.8, 4) is 0 Å². The first kappa shape index (κ1) is 19.6. The van der Waals surface area contributed by atoms with E-state index in [-0.39, 0.29) is 5.91 Å². The minimum atomic E-state index is -0.0530. The molecule has 1 atom stereocenters. The molecule has 0 radical (unpaired) electrons. The van der Waals surface area contributed by atoms with Gasteiger partial charge in [-0.1, -0.05) is 54.6 Å². The fourth-order valence-electron chi connectivity index (χ4n) is 4.33. The topological polar surface area (TPSA) is 54.3 Å². The molecule has 1 fully saturated rings. The number of carbonyl (C=O) groups is 1. The van der Waals surface area contributed by atoms with E-state index >= 15 is 0 Å². The van der Waals surface area contributed by atoms with Gasteiger partial charge in [0.15, 0.2) is 5.69 Å². The predicted molar refractivity (Wildman–Crippen MR) is 115 cm³/mol. The van der Waals surface area contributed by atoms with Crippen LogP contribution in [0.15, 0.2) is 48.7 Å². The van der Waals surface area contributed by atoms with Crippen LogP contribution in [0.5, 0.6) is 0 Å². The van der Waals surface area contributed by atoms with Crippen LogP contribution in [-0.2, 0) is 6.54 Å². The number of fused-ring (bicyclic) bond motifs is 1. The molecule has 6 heteroatoms. The quantitative estimate of drug-likeness (QED) is 0.647. The van der Waals surface area contributed by atoms with Crippen LogP contribution in [0.4, 0.5) is 0 Å². The number of carbonyl (C=O) groups excluding carboxylic acids is 1. The monoisotopic (exact) mass is 391 g/mol. The smallest absolute Gasteiger partial charge is 0.275 e. The Labute approximate surface area is 172 Å². The molecular weight excluding hydrogens is 362 g/mol. The van der Waals surface area contributed by atoms with Gasteiger partial charge in [-0.2, -0.15) is 0 Å². The lowest BCUT2D eigenvalue weighted by Crippen LogP contribution is -2.41. The van der Waals surface area contributed by atoms with Gasteiger partial charge in [-0.25, -0.2) is 4.68 Å². The number of rotatable bonds is 6. The summed E-state index contributed by atoms with van der Waals surface area (Å²) in [6, 6.07) is 14.6. The Bertz CT molecular complexity index is 977. The van der Waals surface area contributed by atoms with Crippen LogP contribution in [0.3, 0.4) is 0 Å². The molecule has 29 heavy (non-hydrogen) atoms. The van der Waals surface area contributed by atoms with Crippen molar-refractivity contribution in [2.75, 3.05) is 33.2 Å². The molecule has 0 aliphatic carbocycles. The van der Waals surface area contributed by atoms with Crippen LogP contribution in [-0.4, -0.2) is 63.9 Å². The summed E-state index contributed by atoms with van der Waals surface area (Å²) in [5.74, 6) is 0.478. The molecule has 152 valence electrons. The van der Waals surface area contributed by atoms with Gasteiger partial charge in [-0.05, 0) is 48.2 Å². The normalized spacial score (nSPS) is 17.5. The van der Waals surface area contributed by atoms with Crippen molar-refractivity contribution in [1.29, 1.82) is 0 Å². The number of hydrogen-bond acceptors (Lipinski definition) is 4. The molecule has 2 aromatic carbocycles. The van der Waals surface area contributed by atoms with Crippen LogP contribution in [0.2, 0.25) is 0 Å². The summed E-state index contributed by atoms with van der Waals surface area (Å²) in [5.41, 5.74) is 1.58. The third kappa shape index (κ3) is 4.48. The minimum absolute atomic E-state index is 0.0530. The maximum atomic E-state index is 12.8. The zero-order chi connectivity index (χ0) is 20.2. The minimum Gasteiger partial charge on any atom is -0.340 e. The number of amides is 1. The Morgan fingerprint density at radius 1 is 1.21 bits per heavy atom. The van der Waals surface area contributed by atoms with Gasteiger partial charge in [0.1, 0.15) is 0 Å². The molecule has 1 saturated heterocycles. The molecule has 3 aromatic rings. The maximum Gasteiger partial charge on any atom is 0.275 e. The summed E-state index contributed by atoms with van der Waals surface area (Å²) < 4.78 is 1.75. The van der Waals surface area contributed by atoms with E-state index in [1.54, 1.807) is 15.8 Å². The van der Waals surface area contributed by atoms with E-state index in [4.69, 9.17) is 0 Å². The lowest BCUT2D eigenvalue weighted by atomic mass is 9.97. The van der Waals surface area contributed by atoms with Crippen molar-refractivity contribution in [1.82, 2.24) is 24.8 Å². The van der Waals surface area contributed by atoms with Crippen molar-refractivity contribution in [2.24, 2.45) is 5.92 Å². The second-order valence-electron chi connectivity index (χ2n) is 8.03. The lowest BCUT2D eigenvalue weighted by molar-refractivity contribution is 0.0727. The van der Waals surface area contributed by atoms with E-state index in [1.807, 2.05) is 19.2 Å². The van der Waals surface area contributed by atoms with Crippen LogP contribution >= 0.6 is 0 Å². The molecule has 4 rings (SSSR count). The van der Waals surface area contributed by atoms with E-state index in [0.717, 1.165) is 19.6 Å². The molecule has 1 aromatic heterocycles. The zero-order valence-electron chi connectivity index (χ0n) is 17.3. The molecule has 0 spiro atoms. The van der Waals surface area contributed by atoms with Gasteiger partial charge >= 0.3 is 0 Å². The van der Waals surface area contributed by atoms with Crippen molar-refractivity contribution in [3.63, 3.8) is 0 Å². The second kappa shape index (κ2) is 8.74. The largest absolute Gasteiger partial charge is 0.340 e. The van der Waals surface area contributed by atoms with Gasteiger partial charge in [-0.15, -0.1) is 5.10 Å². The molecule has 1 aliphatic heterocycles. The first-order chi connectivity index (χ1) is 14.1. The summed E-state index contributed by atoms with van der Waals surface area (Å²) in [6.45, 7) is 6.89. The van der Waals surface area contributed by atoms with Crippen LogP contribution < -0.4 is 0 Å². The molecule has 0 N–H and O–H groups in total. The van der Waals surface area contributed by atoms with Crippen molar-refractivity contribution >= 4 is 16.7 Å². The highest BCUT2D eigenvalue weighted by molar-refractivity contribution is 5.91. The van der Waals surface area contributed by atoms with Gasteiger partial charge in [0.25, 0.3) is 5.91 Å². The third-order valence-corrected chi connectivity index (χ3v) is 5.90. The summed E-state index contributed by atoms with van der Waals surface area (Å²) in [6.07, 6.45) is 4.16.